The summed E-state index contributed by atoms with van der Waals surface area (Å²) < 4.78 is 46.6. The van der Waals surface area contributed by atoms with Crippen molar-refractivity contribution in [1.82, 2.24) is 15.2 Å². The molecule has 1 aliphatic heterocycles. The fraction of sp³-hybridized carbons (Fsp3) is 0.748. The van der Waals surface area contributed by atoms with Gasteiger partial charge in [0.25, 0.3) is 0 Å². The standard InChI is InChI=1S/C10H23N.C9H21NO3.C9H21NO2.C9H12O.2C9H12.C8H20N2.C8H19N.C8H10.C7H17NO2.C7H15NO.C7H9N.C6H15N.C4H11N.C3H9N.C2H6/c1-2-3-4-5-6-7-8-9-10-11;1-2-4-11-6-8-13-9-7-12-5-3-10;1-2-3-6-11-8-9-12-7-4-5-10;1-3-8-4-6-9(10-2)7-5-8;1-3-9-6-4-8(2)5-7-9;1-2-6-9-7-4-3-5-8-9;1-2-7-10-8-5-3-4-6-9;1-2-3-4-5-6-7-8-9;1-2-8-6-4-3-5-7-8;1-2-4-9-6-7-10-5-3-8;1-2-3-8-4-6-9-7-5-8;1-2-7-5-3-4-6-8-7;1-2-3-4-5-6-7;1-2-3-4-5;1-2-3-4;1-2/h2-11H2,1H3;2-10H2,1H3;2-10H2,1H3;4-7H,3H2,1-2H3;4-7H,3H2,1-2H3;3-5,7-8H,2,6H2,1H3;10H,2-9H2,1H3;2-9H2,1H3;3-7H,2H2,1H3;2-8H2,1H3;2-7H2,1H3;3-6H,2H2,1H3;2-7H2,1H3;2-5H2,1H3;2-4H2,1H3;1-2H3. The Morgan fingerprint density at radius 2 is 0.632 bits per heavy atom. The molecule has 1 fully saturated rings. The minimum absolute atomic E-state index is 0.569. The Morgan fingerprint density at radius 3 is 0.949 bits per heavy atom. The molecule has 5 aromatic rings. The average Bonchev–Trinajstić information content (AvgIpc) is 0.923. The zero-order chi connectivity index (χ0) is 103. The van der Waals surface area contributed by atoms with Crippen LogP contribution in [-0.4, -0.2) is 214 Å². The van der Waals surface area contributed by atoms with E-state index in [9.17, 15) is 0 Å². The number of hydrogen-bond acceptors (Lipinski definition) is 21. The lowest BCUT2D eigenvalue weighted by Gasteiger charge is -2.25. The van der Waals surface area contributed by atoms with Gasteiger partial charge >= 0.3 is 0 Å². The van der Waals surface area contributed by atoms with E-state index < -0.39 is 0 Å². The number of nitrogens with zero attached hydrogens (tertiary/aromatic N) is 2. The van der Waals surface area contributed by atoms with Crippen molar-refractivity contribution in [2.24, 2.45) is 51.6 Å². The Morgan fingerprint density at radius 1 is 0.287 bits per heavy atom. The Kier molecular flexibility index (Phi) is 170. The van der Waals surface area contributed by atoms with Crippen molar-refractivity contribution in [3.8, 4) is 5.75 Å². The molecule has 2 heterocycles. The number of morpholine rings is 1. The number of methoxy groups -OCH3 is 1. The molecule has 0 unspecified atom stereocenters. The molecule has 0 spiro atoms. The van der Waals surface area contributed by atoms with Gasteiger partial charge in [-0.3, -0.25) is 9.88 Å². The lowest BCUT2D eigenvalue weighted by molar-refractivity contribution is 0.0161. The molecule has 4 aromatic carbocycles. The molecule has 19 N–H and O–H groups in total. The summed E-state index contributed by atoms with van der Waals surface area (Å²) >= 11 is 0. The van der Waals surface area contributed by atoms with Crippen molar-refractivity contribution in [2.45, 2.75) is 362 Å². The van der Waals surface area contributed by atoms with E-state index in [1.165, 1.54) is 214 Å². The molecule has 0 saturated carbocycles. The van der Waals surface area contributed by atoms with E-state index in [0.29, 0.717) is 85.7 Å². The Balaban J connectivity index is -0.000000157. The number of unbranched alkanes of at least 4 members (excludes halogenated alkanes) is 19. The van der Waals surface area contributed by atoms with Gasteiger partial charge in [0.15, 0.2) is 0 Å². The second-order valence-corrected chi connectivity index (χ2v) is 32.3. The van der Waals surface area contributed by atoms with Gasteiger partial charge < -0.3 is 99.6 Å². The number of nitrogens with one attached hydrogen (secondary N) is 1. The smallest absolute Gasteiger partial charge is 0.118 e. The Bertz CT molecular complexity index is 2500. The molecule has 21 heteroatoms. The van der Waals surface area contributed by atoms with Gasteiger partial charge in [0.2, 0.25) is 0 Å². The van der Waals surface area contributed by atoms with Crippen LogP contribution in [0.5, 0.6) is 5.75 Å². The van der Waals surface area contributed by atoms with Crippen LogP contribution in [0.1, 0.15) is 357 Å². The van der Waals surface area contributed by atoms with E-state index in [2.05, 4.69) is 217 Å². The van der Waals surface area contributed by atoms with Crippen LogP contribution in [0.15, 0.2) is 134 Å². The SMILES string of the molecule is CC.CCCCCCCCCCN.CCCCCCCCN.CCCCCCN.CCCCN.CCCCOCCOCCCN.CCCN.CCCN1CCOCC1.CCCNCCCCCN.CCCOCCOCCN.CCCOCCOCCOCCN.CCCc1ccccc1.CCc1ccc(C)cc1.CCc1ccc(OC)cc1.CCc1ccccc1.CCc1ccccn1. The zero-order valence-electron chi connectivity index (χ0n) is 92.8. The molecule has 0 amide bonds. The van der Waals surface area contributed by atoms with E-state index in [1.807, 2.05) is 56.4 Å². The lowest BCUT2D eigenvalue weighted by atomic mass is 10.1. The molecule has 0 atom stereocenters. The third kappa shape index (κ3) is 154. The van der Waals surface area contributed by atoms with Crippen LogP contribution < -0.4 is 61.7 Å². The first-order valence-corrected chi connectivity index (χ1v) is 54.7. The van der Waals surface area contributed by atoms with E-state index in [1.54, 1.807) is 7.11 Å². The van der Waals surface area contributed by atoms with Crippen LogP contribution in [-0.2, 0) is 70.0 Å². The first-order chi connectivity index (χ1) is 66.6. The molecule has 0 bridgehead atoms. The second-order valence-electron chi connectivity index (χ2n) is 32.3. The predicted molar refractivity (Wildman–Crippen MR) is 601 cm³/mol. The molecule has 136 heavy (non-hydrogen) atoms. The molecule has 21 nitrogen and oxygen atoms in total. The topological polar surface area (TPSA) is 345 Å². The summed E-state index contributed by atoms with van der Waals surface area (Å²) in [6.07, 6.45) is 47.9. The molecule has 1 aromatic heterocycles. The highest BCUT2D eigenvalue weighted by molar-refractivity contribution is 5.27. The third-order valence-corrected chi connectivity index (χ3v) is 19.3. The fourth-order valence-corrected chi connectivity index (χ4v) is 11.0. The van der Waals surface area contributed by atoms with E-state index in [4.69, 9.17) is 94.2 Å². The first-order valence-electron chi connectivity index (χ1n) is 54.7. The van der Waals surface area contributed by atoms with Gasteiger partial charge in [0, 0.05) is 64.5 Å². The fourth-order valence-electron chi connectivity index (χ4n) is 11.0. The maximum Gasteiger partial charge on any atom is 0.118 e. The molecular formula is C115H232N12O9. The van der Waals surface area contributed by atoms with Gasteiger partial charge in [0.1, 0.15) is 5.75 Å². The average molecular weight is 1930 g/mol. The van der Waals surface area contributed by atoms with E-state index in [-0.39, 0.29) is 0 Å². The van der Waals surface area contributed by atoms with E-state index >= 15 is 0 Å². The highest BCUT2D eigenvalue weighted by atomic mass is 16.5. The maximum absolute atomic E-state index is 5.39. The van der Waals surface area contributed by atoms with Crippen molar-refractivity contribution in [3.05, 3.63) is 167 Å². The summed E-state index contributed by atoms with van der Waals surface area (Å²) in [5, 5.41) is 3.35. The second kappa shape index (κ2) is 153. The normalized spacial score (nSPS) is 10.5. The summed E-state index contributed by atoms with van der Waals surface area (Å²) in [5.74, 6) is 0.928. The quantitative estimate of drug-likeness (QED) is 0.0162. The van der Waals surface area contributed by atoms with Crippen molar-refractivity contribution < 1.29 is 42.6 Å². The van der Waals surface area contributed by atoms with Crippen LogP contribution in [0.25, 0.3) is 0 Å². The van der Waals surface area contributed by atoms with Crippen LogP contribution in [0.2, 0.25) is 0 Å². The minimum atomic E-state index is 0.569. The zero-order valence-corrected chi connectivity index (χ0v) is 92.8. The van der Waals surface area contributed by atoms with Crippen LogP contribution in [0.4, 0.5) is 0 Å². The first kappa shape index (κ1) is 151. The Hall–Kier alpha value is -4.93. The predicted octanol–water partition coefficient (Wildman–Crippen LogP) is 24.2. The van der Waals surface area contributed by atoms with Gasteiger partial charge in [-0.15, -0.1) is 0 Å². The molecular weight excluding hydrogens is 1690 g/mol. The van der Waals surface area contributed by atoms with Gasteiger partial charge in [-0.05, 0) is 234 Å². The summed E-state index contributed by atoms with van der Waals surface area (Å²) in [5.41, 5.74) is 55.4. The Labute approximate surface area is 844 Å². The molecule has 6 rings (SSSR count). The highest BCUT2D eigenvalue weighted by Gasteiger charge is 2.07. The number of ether oxygens (including phenoxy) is 9. The summed E-state index contributed by atoms with van der Waals surface area (Å²) in [6.45, 7) is 63.0. The molecule has 0 radical (unpaired) electrons. The van der Waals surface area contributed by atoms with E-state index in [0.717, 1.165) is 174 Å². The molecule has 806 valence electrons. The lowest BCUT2D eigenvalue weighted by Crippen LogP contribution is -2.36. The number of pyridine rings is 1. The monoisotopic (exact) mass is 1930 g/mol. The van der Waals surface area contributed by atoms with Gasteiger partial charge in [-0.25, -0.2) is 0 Å². The number of rotatable bonds is 63. The maximum atomic E-state index is 5.39. The van der Waals surface area contributed by atoms with Crippen LogP contribution in [0, 0.1) is 6.92 Å². The van der Waals surface area contributed by atoms with Crippen LogP contribution >= 0.6 is 0 Å². The van der Waals surface area contributed by atoms with Gasteiger partial charge in [-0.2, -0.15) is 0 Å². The minimum Gasteiger partial charge on any atom is -0.497 e. The number of nitrogens with two attached hydrogens (primary N) is 9. The van der Waals surface area contributed by atoms with Gasteiger partial charge in [-0.1, -0.05) is 348 Å². The molecule has 1 saturated heterocycles. The van der Waals surface area contributed by atoms with Crippen molar-refractivity contribution in [3.63, 3.8) is 0 Å². The molecule has 1 aliphatic rings. The van der Waals surface area contributed by atoms with Crippen molar-refractivity contribution in [1.29, 1.82) is 0 Å². The number of aromatic nitrogens is 1. The summed E-state index contributed by atoms with van der Waals surface area (Å²) in [7, 11) is 1.68. The van der Waals surface area contributed by atoms with Crippen molar-refractivity contribution in [2.75, 3.05) is 204 Å². The van der Waals surface area contributed by atoms with Gasteiger partial charge in [0.05, 0.1) is 86.4 Å². The van der Waals surface area contributed by atoms with Crippen LogP contribution in [0.3, 0.4) is 0 Å². The number of hydrogen-bond donors (Lipinski definition) is 10. The largest absolute Gasteiger partial charge is 0.497 e. The number of aryl methyl sites for hydroxylation is 6. The summed E-state index contributed by atoms with van der Waals surface area (Å²) in [4.78, 5) is 6.55. The highest BCUT2D eigenvalue weighted by Crippen LogP contribution is 2.12. The third-order valence-electron chi connectivity index (χ3n) is 19.3. The number of benzene rings is 4. The molecule has 0 aliphatic carbocycles. The summed E-state index contributed by atoms with van der Waals surface area (Å²) in [6, 6.07) is 43.8. The van der Waals surface area contributed by atoms with Crippen molar-refractivity contribution >= 4 is 0 Å².